The van der Waals surface area contributed by atoms with E-state index in [1.54, 1.807) is 0 Å². The smallest absolute Gasteiger partial charge is 0.370 e. The highest BCUT2D eigenvalue weighted by Gasteiger charge is 2.18. The molecule has 108 valence electrons. The van der Waals surface area contributed by atoms with E-state index in [2.05, 4.69) is 34.3 Å². The van der Waals surface area contributed by atoms with Crippen molar-refractivity contribution in [3.8, 4) is 0 Å². The van der Waals surface area contributed by atoms with Crippen LogP contribution in [0.4, 0.5) is 5.69 Å². The van der Waals surface area contributed by atoms with Gasteiger partial charge in [-0.15, -0.1) is 0 Å². The molecule has 0 fully saturated rings. The highest BCUT2D eigenvalue weighted by Crippen LogP contribution is 2.33. The Morgan fingerprint density at radius 3 is 2.91 bits per heavy atom. The number of aromatic nitrogens is 2. The number of hydrogen-bond donors (Lipinski definition) is 0. The van der Waals surface area contributed by atoms with Crippen LogP contribution in [0.1, 0.15) is 11.5 Å². The van der Waals surface area contributed by atoms with E-state index in [1.165, 1.54) is 11.3 Å². The molecule has 0 unspecified atom stereocenters. The summed E-state index contributed by atoms with van der Waals surface area (Å²) in [5, 5.41) is 0. The topological polar surface area (TPSA) is 33.2 Å². The van der Waals surface area contributed by atoms with Crippen molar-refractivity contribution in [3.05, 3.63) is 66.3 Å². The van der Waals surface area contributed by atoms with Crippen LogP contribution in [-0.2, 0) is 7.05 Å². The number of aryl methyl sites for hydroxylation is 1. The predicted molar refractivity (Wildman–Crippen MR) is 87.0 cm³/mol. The van der Waals surface area contributed by atoms with E-state index in [-0.39, 0.29) is 0 Å². The van der Waals surface area contributed by atoms with Crippen LogP contribution in [0.5, 0.6) is 0 Å². The Balaban J connectivity index is 1.85. The third-order valence-electron chi connectivity index (χ3n) is 3.89. The number of benzene rings is 1. The number of oxazole rings is 1. The van der Waals surface area contributed by atoms with E-state index < -0.39 is 0 Å². The number of allylic oxidation sites excluding steroid dienone is 2. The lowest BCUT2D eigenvalue weighted by Gasteiger charge is -2.23. The molecule has 0 saturated heterocycles. The van der Waals surface area contributed by atoms with Crippen molar-refractivity contribution < 1.29 is 8.98 Å². The minimum absolute atomic E-state index is 0.621. The fourth-order valence-corrected chi connectivity index (χ4v) is 2.74. The Bertz CT molecular complexity index is 921. The fourth-order valence-electron chi connectivity index (χ4n) is 2.74. The van der Waals surface area contributed by atoms with Gasteiger partial charge >= 0.3 is 11.5 Å². The second kappa shape index (κ2) is 4.84. The molecule has 2 aromatic heterocycles. The average molecular weight is 290 g/mol. The van der Waals surface area contributed by atoms with Gasteiger partial charge in [-0.2, -0.15) is 0 Å². The Kier molecular flexibility index (Phi) is 2.82. The van der Waals surface area contributed by atoms with Crippen LogP contribution >= 0.6 is 0 Å². The molecule has 4 nitrogen and oxygen atoms in total. The molecule has 3 heterocycles. The summed E-state index contributed by atoms with van der Waals surface area (Å²) in [4.78, 5) is 6.68. The van der Waals surface area contributed by atoms with Gasteiger partial charge in [0, 0.05) is 35.6 Å². The first kappa shape index (κ1) is 12.8. The summed E-state index contributed by atoms with van der Waals surface area (Å²) in [6.07, 6.45) is 8.09. The van der Waals surface area contributed by atoms with Crippen LogP contribution in [0, 0.1) is 0 Å². The fraction of sp³-hybridized carbons (Fsp3) is 0.111. The molecule has 22 heavy (non-hydrogen) atoms. The number of para-hydroxylation sites is 1. The van der Waals surface area contributed by atoms with Crippen molar-refractivity contribution >= 4 is 28.6 Å². The Morgan fingerprint density at radius 1 is 1.18 bits per heavy atom. The van der Waals surface area contributed by atoms with Crippen molar-refractivity contribution in [3.63, 3.8) is 0 Å². The number of nitrogens with zero attached hydrogens (tertiary/aromatic N) is 3. The number of fused-ring (bicyclic) bond motifs is 2. The van der Waals surface area contributed by atoms with Crippen LogP contribution in [-0.4, -0.2) is 12.0 Å². The summed E-state index contributed by atoms with van der Waals surface area (Å²) in [6, 6.07) is 12.2. The van der Waals surface area contributed by atoms with E-state index in [0.717, 1.165) is 16.8 Å². The van der Waals surface area contributed by atoms with Gasteiger partial charge in [0.05, 0.1) is 13.2 Å². The van der Waals surface area contributed by atoms with Crippen molar-refractivity contribution in [2.75, 3.05) is 11.9 Å². The zero-order valence-electron chi connectivity index (χ0n) is 12.5. The molecule has 0 bridgehead atoms. The molecule has 0 amide bonds. The van der Waals surface area contributed by atoms with Crippen molar-refractivity contribution in [2.45, 2.75) is 0 Å². The van der Waals surface area contributed by atoms with E-state index in [0.29, 0.717) is 5.89 Å². The van der Waals surface area contributed by atoms with Crippen LogP contribution in [0.2, 0.25) is 0 Å². The molecule has 1 aliphatic heterocycles. The first-order chi connectivity index (χ1) is 10.7. The first-order valence-electron chi connectivity index (χ1n) is 7.20. The number of pyridine rings is 1. The van der Waals surface area contributed by atoms with Gasteiger partial charge in [-0.25, -0.2) is 4.57 Å². The number of hydrogen-bond acceptors (Lipinski definition) is 3. The molecular formula is C18H16N3O+. The Labute approximate surface area is 128 Å². The highest BCUT2D eigenvalue weighted by atomic mass is 16.3. The molecule has 3 aromatic rings. The van der Waals surface area contributed by atoms with Gasteiger partial charge in [-0.05, 0) is 29.8 Å². The highest BCUT2D eigenvalue weighted by molar-refractivity contribution is 5.93. The molecule has 0 radical (unpaired) electrons. The largest absolute Gasteiger partial charge is 0.411 e. The molecule has 1 aromatic carbocycles. The molecule has 0 N–H and O–H groups in total. The van der Waals surface area contributed by atoms with Gasteiger partial charge < -0.3 is 9.32 Å². The molecule has 0 atom stereocenters. The number of rotatable bonds is 1. The zero-order chi connectivity index (χ0) is 15.1. The maximum atomic E-state index is 5.84. The van der Waals surface area contributed by atoms with E-state index in [9.17, 15) is 0 Å². The van der Waals surface area contributed by atoms with Crippen LogP contribution in [0.25, 0.3) is 22.9 Å². The SMILES string of the molecule is CN1C=C/C(=C\c2nc3c(ccc[n+]3C)o2)c2ccccc21. The Morgan fingerprint density at radius 2 is 2.05 bits per heavy atom. The second-order valence-electron chi connectivity index (χ2n) is 5.40. The van der Waals surface area contributed by atoms with E-state index in [4.69, 9.17) is 4.42 Å². The maximum absolute atomic E-state index is 5.84. The van der Waals surface area contributed by atoms with Gasteiger partial charge in [0.1, 0.15) is 0 Å². The summed E-state index contributed by atoms with van der Waals surface area (Å²) >= 11 is 0. The van der Waals surface area contributed by atoms with Gasteiger partial charge in [0.2, 0.25) is 5.58 Å². The van der Waals surface area contributed by atoms with E-state index in [1.807, 2.05) is 55.2 Å². The summed E-state index contributed by atoms with van der Waals surface area (Å²) in [5.41, 5.74) is 5.10. The minimum atomic E-state index is 0.621. The number of anilines is 1. The lowest BCUT2D eigenvalue weighted by Crippen LogP contribution is -2.28. The van der Waals surface area contributed by atoms with Crippen LogP contribution < -0.4 is 9.47 Å². The maximum Gasteiger partial charge on any atom is 0.370 e. The van der Waals surface area contributed by atoms with Crippen molar-refractivity contribution in [2.24, 2.45) is 7.05 Å². The van der Waals surface area contributed by atoms with Crippen LogP contribution in [0.3, 0.4) is 0 Å². The normalized spacial score (nSPS) is 15.5. The van der Waals surface area contributed by atoms with Crippen LogP contribution in [0.15, 0.2) is 59.3 Å². The third-order valence-corrected chi connectivity index (χ3v) is 3.89. The monoisotopic (exact) mass is 290 g/mol. The molecule has 0 saturated carbocycles. The predicted octanol–water partition coefficient (Wildman–Crippen LogP) is 3.16. The van der Waals surface area contributed by atoms with Gasteiger partial charge in [-0.3, -0.25) is 0 Å². The second-order valence-corrected chi connectivity index (χ2v) is 5.40. The van der Waals surface area contributed by atoms with Crippen molar-refractivity contribution in [1.82, 2.24) is 4.98 Å². The summed E-state index contributed by atoms with van der Waals surface area (Å²) < 4.78 is 7.80. The quantitative estimate of drug-likeness (QED) is 0.645. The lowest BCUT2D eigenvalue weighted by molar-refractivity contribution is -0.646. The molecule has 1 aliphatic rings. The molecule has 4 rings (SSSR count). The van der Waals surface area contributed by atoms with Crippen molar-refractivity contribution in [1.29, 1.82) is 0 Å². The van der Waals surface area contributed by atoms with Gasteiger partial charge in [-0.1, -0.05) is 18.2 Å². The average Bonchev–Trinajstić information content (AvgIpc) is 2.95. The molecule has 4 heteroatoms. The lowest BCUT2D eigenvalue weighted by atomic mass is 10.00. The minimum Gasteiger partial charge on any atom is -0.411 e. The summed E-state index contributed by atoms with van der Waals surface area (Å²) in [5.74, 6) is 0.621. The third kappa shape index (κ3) is 2.00. The van der Waals surface area contributed by atoms with Gasteiger partial charge in [0.25, 0.3) is 0 Å². The summed E-state index contributed by atoms with van der Waals surface area (Å²) in [6.45, 7) is 0. The summed E-state index contributed by atoms with van der Waals surface area (Å²) in [7, 11) is 4.01. The Hall–Kier alpha value is -2.88. The van der Waals surface area contributed by atoms with Gasteiger partial charge in [0.15, 0.2) is 0 Å². The standard InChI is InChI=1S/C18H16N3O/c1-20-11-9-13(14-6-3-4-7-15(14)20)12-17-19-18-16(22-17)8-5-10-21(18)2/h3-12H,1-2H3/q+1. The van der Waals surface area contributed by atoms with E-state index >= 15 is 0 Å². The molecular weight excluding hydrogens is 274 g/mol. The zero-order valence-corrected chi connectivity index (χ0v) is 12.5. The molecule has 0 aliphatic carbocycles. The first-order valence-corrected chi connectivity index (χ1v) is 7.20. The molecule has 0 spiro atoms.